The van der Waals surface area contributed by atoms with Crippen molar-refractivity contribution in [3.05, 3.63) is 94.4 Å². The van der Waals surface area contributed by atoms with Gasteiger partial charge in [-0.3, -0.25) is 4.79 Å². The van der Waals surface area contributed by atoms with Gasteiger partial charge < -0.3 is 5.32 Å². The van der Waals surface area contributed by atoms with E-state index in [1.54, 1.807) is 6.07 Å². The van der Waals surface area contributed by atoms with Crippen molar-refractivity contribution in [2.24, 2.45) is 0 Å². The van der Waals surface area contributed by atoms with Gasteiger partial charge >= 0.3 is 0 Å². The summed E-state index contributed by atoms with van der Waals surface area (Å²) in [5, 5.41) is 8.23. The Morgan fingerprint density at radius 2 is 1.78 bits per heavy atom. The number of Topliss-reactive ketones (excluding diaryl/α,β-unsaturated/α-hetero) is 1. The summed E-state index contributed by atoms with van der Waals surface area (Å²) >= 11 is 0. The lowest BCUT2D eigenvalue weighted by molar-refractivity contribution is 0.0988. The Morgan fingerprint density at radius 1 is 1.14 bits per heavy atom. The first-order valence-corrected chi connectivity index (χ1v) is 12.9. The molecule has 0 amide bonds. The summed E-state index contributed by atoms with van der Waals surface area (Å²) in [5.41, 5.74) is 4.54. The maximum atomic E-state index is 14.7. The molecule has 1 N–H and O–H groups in total. The number of anilines is 1. The first kappa shape index (κ1) is 25.9. The molecule has 2 aromatic carbocycles. The number of ketones is 1. The molecule has 0 saturated carbocycles. The van der Waals surface area contributed by atoms with Crippen molar-refractivity contribution in [1.82, 2.24) is 9.78 Å². The molecule has 36 heavy (non-hydrogen) atoms. The minimum Gasteiger partial charge on any atom is -0.363 e. The number of carbonyl (C=O) groups excluding carboxylic acids is 1. The normalized spacial score (nSPS) is 16.8. The minimum atomic E-state index is -0.383. The number of nitrogens with zero attached hydrogens (tertiary/aromatic N) is 2. The third-order valence-corrected chi connectivity index (χ3v) is 8.07. The van der Waals surface area contributed by atoms with Crippen molar-refractivity contribution in [3.8, 4) is 0 Å². The van der Waals surface area contributed by atoms with Crippen LogP contribution in [0.25, 0.3) is 0 Å². The molecule has 1 aliphatic rings. The maximum absolute atomic E-state index is 14.7. The Bertz CT molecular complexity index is 1280. The van der Waals surface area contributed by atoms with Gasteiger partial charge in [-0.25, -0.2) is 9.07 Å². The van der Waals surface area contributed by atoms with Gasteiger partial charge in [0.15, 0.2) is 5.78 Å². The summed E-state index contributed by atoms with van der Waals surface area (Å²) in [7, 11) is 0. The van der Waals surface area contributed by atoms with Crippen LogP contribution in [0.4, 0.5) is 10.2 Å². The molecule has 0 saturated heterocycles. The highest BCUT2D eigenvalue weighted by molar-refractivity contribution is 6.03. The number of carbonyl (C=O) groups is 1. The average Bonchev–Trinajstić information content (AvgIpc) is 3.18. The highest BCUT2D eigenvalue weighted by Gasteiger charge is 2.39. The van der Waals surface area contributed by atoms with Crippen molar-refractivity contribution in [1.29, 1.82) is 0 Å². The Hall–Kier alpha value is -3.21. The molecule has 1 atom stereocenters. The largest absolute Gasteiger partial charge is 0.363 e. The van der Waals surface area contributed by atoms with Crippen molar-refractivity contribution in [2.75, 3.05) is 5.32 Å². The molecule has 2 heterocycles. The van der Waals surface area contributed by atoms with E-state index in [4.69, 9.17) is 5.10 Å². The highest BCUT2D eigenvalue weighted by atomic mass is 19.1. The van der Waals surface area contributed by atoms with Gasteiger partial charge in [-0.2, -0.15) is 5.10 Å². The molecular formula is C31H38FN3O. The second-order valence-corrected chi connectivity index (χ2v) is 10.8. The van der Waals surface area contributed by atoms with Crippen LogP contribution in [0.1, 0.15) is 92.2 Å². The Kier molecular flexibility index (Phi) is 6.96. The van der Waals surface area contributed by atoms with E-state index >= 15 is 0 Å². The Labute approximate surface area is 214 Å². The summed E-state index contributed by atoms with van der Waals surface area (Å²) < 4.78 is 16.6. The molecule has 0 aliphatic carbocycles. The lowest BCUT2D eigenvalue weighted by atomic mass is 9.69. The molecule has 5 heteroatoms. The smallest absolute Gasteiger partial charge is 0.172 e. The Morgan fingerprint density at radius 3 is 2.39 bits per heavy atom. The van der Waals surface area contributed by atoms with Crippen molar-refractivity contribution in [2.45, 2.75) is 84.2 Å². The second kappa shape index (κ2) is 9.68. The van der Waals surface area contributed by atoms with Gasteiger partial charge in [0.2, 0.25) is 0 Å². The number of aromatic nitrogens is 2. The fourth-order valence-electron chi connectivity index (χ4n) is 5.87. The molecule has 0 fully saturated rings. The van der Waals surface area contributed by atoms with Gasteiger partial charge in [0.25, 0.3) is 0 Å². The van der Waals surface area contributed by atoms with Crippen molar-refractivity contribution in [3.63, 3.8) is 0 Å². The number of hydrogen-bond donors (Lipinski definition) is 1. The summed E-state index contributed by atoms with van der Waals surface area (Å²) in [6.07, 6.45) is 2.63. The first-order valence-electron chi connectivity index (χ1n) is 12.9. The molecule has 3 aromatic rings. The van der Waals surface area contributed by atoms with E-state index < -0.39 is 0 Å². The zero-order valence-corrected chi connectivity index (χ0v) is 22.4. The standard InChI is InChI=1S/C31H38FN3O/c1-8-31(9-2,23-16-14-20(3)15-17-23)21(4)18-27(36)28-22(5)34-35-29(28)33-26(19-30(35,6)7)24-12-10-11-13-25(24)32/h10-17,26,33H,4,8-9,18-19H2,1-3,5-7H3/t26-/m0/s1. The zero-order valence-electron chi connectivity index (χ0n) is 22.4. The van der Waals surface area contributed by atoms with E-state index in [1.165, 1.54) is 17.2 Å². The van der Waals surface area contributed by atoms with Gasteiger partial charge in [-0.05, 0) is 58.6 Å². The summed E-state index contributed by atoms with van der Waals surface area (Å²) in [6.45, 7) is 16.9. The molecular weight excluding hydrogens is 449 g/mol. The van der Waals surface area contributed by atoms with Crippen LogP contribution in [0.15, 0.2) is 60.7 Å². The van der Waals surface area contributed by atoms with Crippen LogP contribution in [-0.2, 0) is 11.0 Å². The van der Waals surface area contributed by atoms with Crippen LogP contribution in [0.3, 0.4) is 0 Å². The van der Waals surface area contributed by atoms with Gasteiger partial charge in [0.1, 0.15) is 11.6 Å². The molecule has 0 radical (unpaired) electrons. The SMILES string of the molecule is C=C(CC(=O)c1c(C)nn2c1N[C@H](c1ccccc1F)CC2(C)C)C(CC)(CC)c1ccc(C)cc1. The molecule has 4 nitrogen and oxygen atoms in total. The van der Waals surface area contributed by atoms with Crippen LogP contribution in [0.5, 0.6) is 0 Å². The van der Waals surface area contributed by atoms with E-state index in [1.807, 2.05) is 23.7 Å². The van der Waals surface area contributed by atoms with Crippen LogP contribution < -0.4 is 5.32 Å². The lowest BCUT2D eigenvalue weighted by Gasteiger charge is -2.38. The van der Waals surface area contributed by atoms with Gasteiger partial charge in [0, 0.05) is 17.4 Å². The molecule has 0 spiro atoms. The van der Waals surface area contributed by atoms with E-state index in [2.05, 4.69) is 70.8 Å². The monoisotopic (exact) mass is 487 g/mol. The third-order valence-electron chi connectivity index (χ3n) is 8.07. The summed E-state index contributed by atoms with van der Waals surface area (Å²) in [5.74, 6) is 0.420. The average molecular weight is 488 g/mol. The van der Waals surface area contributed by atoms with Crippen LogP contribution in [0.2, 0.25) is 0 Å². The predicted molar refractivity (Wildman–Crippen MR) is 145 cm³/mol. The van der Waals surface area contributed by atoms with Crippen LogP contribution in [0, 0.1) is 19.7 Å². The minimum absolute atomic E-state index is 0.00498. The van der Waals surface area contributed by atoms with Gasteiger partial charge in [-0.1, -0.05) is 74.0 Å². The number of halogens is 1. The number of rotatable bonds is 8. The van der Waals surface area contributed by atoms with E-state index in [-0.39, 0.29) is 35.0 Å². The topological polar surface area (TPSA) is 46.9 Å². The third kappa shape index (κ3) is 4.40. The number of allylic oxidation sites excluding steroid dienone is 1. The van der Waals surface area contributed by atoms with Crippen LogP contribution in [-0.4, -0.2) is 15.6 Å². The number of nitrogens with one attached hydrogen (secondary N) is 1. The zero-order chi connectivity index (χ0) is 26.3. The second-order valence-electron chi connectivity index (χ2n) is 10.8. The van der Waals surface area contributed by atoms with Gasteiger partial charge in [0.05, 0.1) is 22.8 Å². The molecule has 0 unspecified atom stereocenters. The number of aryl methyl sites for hydroxylation is 2. The molecule has 1 aromatic heterocycles. The maximum Gasteiger partial charge on any atom is 0.172 e. The molecule has 190 valence electrons. The van der Waals surface area contributed by atoms with Crippen LogP contribution >= 0.6 is 0 Å². The number of benzene rings is 2. The van der Waals surface area contributed by atoms with Crippen molar-refractivity contribution < 1.29 is 9.18 Å². The highest BCUT2D eigenvalue weighted by Crippen LogP contribution is 2.44. The fourth-order valence-corrected chi connectivity index (χ4v) is 5.87. The summed E-state index contributed by atoms with van der Waals surface area (Å²) in [6, 6.07) is 15.2. The molecule has 1 aliphatic heterocycles. The number of fused-ring (bicyclic) bond motifs is 1. The Balaban J connectivity index is 1.69. The number of hydrogen-bond acceptors (Lipinski definition) is 3. The first-order chi connectivity index (χ1) is 17.0. The predicted octanol–water partition coefficient (Wildman–Crippen LogP) is 7.82. The fraction of sp³-hybridized carbons (Fsp3) is 0.419. The van der Waals surface area contributed by atoms with E-state index in [0.29, 0.717) is 29.1 Å². The quantitative estimate of drug-likeness (QED) is 0.260. The van der Waals surface area contributed by atoms with E-state index in [9.17, 15) is 9.18 Å². The summed E-state index contributed by atoms with van der Waals surface area (Å²) in [4.78, 5) is 13.9. The van der Waals surface area contributed by atoms with Gasteiger partial charge in [-0.15, -0.1) is 0 Å². The van der Waals surface area contributed by atoms with Crippen molar-refractivity contribution >= 4 is 11.6 Å². The molecule has 0 bridgehead atoms. The van der Waals surface area contributed by atoms with E-state index in [0.717, 1.165) is 18.4 Å². The lowest BCUT2D eigenvalue weighted by Crippen LogP contribution is -2.38. The molecule has 4 rings (SSSR count).